The van der Waals surface area contributed by atoms with Crippen LogP contribution in [0.2, 0.25) is 0 Å². The summed E-state index contributed by atoms with van der Waals surface area (Å²) < 4.78 is 38.3. The van der Waals surface area contributed by atoms with Crippen LogP contribution in [0.25, 0.3) is 0 Å². The lowest BCUT2D eigenvalue weighted by Gasteiger charge is -2.36. The molecule has 1 aliphatic rings. The van der Waals surface area contributed by atoms with Gasteiger partial charge in [0.15, 0.2) is 5.17 Å². The van der Waals surface area contributed by atoms with E-state index >= 15 is 0 Å². The molecule has 1 heterocycles. The van der Waals surface area contributed by atoms with Crippen molar-refractivity contribution in [2.45, 2.75) is 45.8 Å². The number of halogens is 3. The molecule has 0 saturated carbocycles. The molecule has 8 heteroatoms. The third kappa shape index (κ3) is 6.03. The summed E-state index contributed by atoms with van der Waals surface area (Å²) in [5, 5.41) is 0.0885. The predicted molar refractivity (Wildman–Crippen MR) is 121 cm³/mol. The third-order valence-corrected chi connectivity index (χ3v) is 5.91. The summed E-state index contributed by atoms with van der Waals surface area (Å²) >= 11 is 1.13. The van der Waals surface area contributed by atoms with Crippen LogP contribution < -0.4 is 4.90 Å². The van der Waals surface area contributed by atoms with E-state index in [1.807, 2.05) is 55.5 Å². The Hall–Kier alpha value is -2.48. The van der Waals surface area contributed by atoms with Gasteiger partial charge in [0.1, 0.15) is 6.54 Å². The lowest BCUT2D eigenvalue weighted by atomic mass is 9.87. The molecule has 31 heavy (non-hydrogen) atoms. The number of thioether (sulfide) groups is 1. The molecule has 1 aliphatic heterocycles. The molecule has 1 saturated heterocycles. The number of amidine groups is 1. The van der Waals surface area contributed by atoms with Gasteiger partial charge in [-0.3, -0.25) is 14.8 Å². The minimum absolute atomic E-state index is 0.0170. The van der Waals surface area contributed by atoms with Crippen molar-refractivity contribution >= 4 is 28.6 Å². The van der Waals surface area contributed by atoms with E-state index < -0.39 is 12.7 Å². The van der Waals surface area contributed by atoms with Crippen molar-refractivity contribution in [1.82, 2.24) is 4.90 Å². The maximum Gasteiger partial charge on any atom is 0.408 e. The number of amides is 2. The number of alkyl halides is 3. The number of hydrogen-bond acceptors (Lipinski definition) is 3. The second-order valence-corrected chi connectivity index (χ2v) is 9.48. The van der Waals surface area contributed by atoms with Gasteiger partial charge in [-0.15, -0.1) is 0 Å². The lowest BCUT2D eigenvalue weighted by molar-refractivity contribution is -0.118. The fourth-order valence-corrected chi connectivity index (χ4v) is 4.07. The quantitative estimate of drug-likeness (QED) is 0.546. The van der Waals surface area contributed by atoms with Crippen LogP contribution in [0.4, 0.5) is 23.7 Å². The van der Waals surface area contributed by atoms with Crippen LogP contribution in [0, 0.1) is 6.92 Å². The smallest absolute Gasteiger partial charge is 0.284 e. The van der Waals surface area contributed by atoms with Gasteiger partial charge in [-0.05, 0) is 35.6 Å². The molecule has 0 N–H and O–H groups in total. The summed E-state index contributed by atoms with van der Waals surface area (Å²) in [5.74, 6) is 0.206. The Balaban J connectivity index is 1.89. The highest BCUT2D eigenvalue weighted by atomic mass is 32.2. The maximum absolute atomic E-state index is 13.3. The van der Waals surface area contributed by atoms with E-state index in [0.717, 1.165) is 28.5 Å². The number of hydrogen-bond donors (Lipinski definition) is 0. The van der Waals surface area contributed by atoms with Gasteiger partial charge in [-0.1, -0.05) is 74.5 Å². The Labute approximate surface area is 185 Å². The molecule has 0 aromatic heterocycles. The van der Waals surface area contributed by atoms with E-state index in [1.165, 1.54) is 4.90 Å². The molecule has 4 nitrogen and oxygen atoms in total. The summed E-state index contributed by atoms with van der Waals surface area (Å²) in [6.45, 7) is 7.10. The molecule has 3 rings (SSSR count). The zero-order valence-corrected chi connectivity index (χ0v) is 18.8. The number of carbonyl (C=O) groups excluding carboxylic acids is 1. The maximum atomic E-state index is 13.3. The zero-order valence-electron chi connectivity index (χ0n) is 18.0. The van der Waals surface area contributed by atoms with Gasteiger partial charge in [-0.25, -0.2) is 4.79 Å². The van der Waals surface area contributed by atoms with Crippen LogP contribution in [-0.4, -0.2) is 34.7 Å². The first-order valence-corrected chi connectivity index (χ1v) is 10.9. The molecular weight excluding hydrogens is 423 g/mol. The van der Waals surface area contributed by atoms with Crippen LogP contribution in [0.5, 0.6) is 0 Å². The topological polar surface area (TPSA) is 35.9 Å². The van der Waals surface area contributed by atoms with Crippen molar-refractivity contribution in [1.29, 1.82) is 0 Å². The Morgan fingerprint density at radius 3 is 2.16 bits per heavy atom. The summed E-state index contributed by atoms with van der Waals surface area (Å²) in [7, 11) is 0. The van der Waals surface area contributed by atoms with Crippen molar-refractivity contribution in [3.63, 3.8) is 0 Å². The number of benzene rings is 2. The fourth-order valence-electron chi connectivity index (χ4n) is 3.11. The molecular formula is C23H26F3N3OS. The molecule has 0 unspecified atom stereocenters. The first kappa shape index (κ1) is 23.2. The van der Waals surface area contributed by atoms with Crippen LogP contribution in [0.15, 0.2) is 53.5 Å². The van der Waals surface area contributed by atoms with Crippen molar-refractivity contribution in [2.24, 2.45) is 4.99 Å². The second kappa shape index (κ2) is 8.94. The largest absolute Gasteiger partial charge is 0.408 e. The lowest BCUT2D eigenvalue weighted by Crippen LogP contribution is -2.50. The Morgan fingerprint density at radius 1 is 1.00 bits per heavy atom. The average Bonchev–Trinajstić information content (AvgIpc) is 2.68. The standard InChI is InChI=1S/C23H26F3N3OS/c1-16-5-11-19(12-6-16)29-15-31-20(27-14-23(24,25)26)28(21(29)30)13-17-7-9-18(10-8-17)22(2,3)4/h5-12H,13-15H2,1-4H3. The first-order valence-electron chi connectivity index (χ1n) is 9.93. The Bertz CT molecular complexity index is 948. The molecule has 2 amide bonds. The molecule has 2 aromatic rings. The highest BCUT2D eigenvalue weighted by molar-refractivity contribution is 8.14. The van der Waals surface area contributed by atoms with Crippen LogP contribution in [-0.2, 0) is 12.0 Å². The number of nitrogens with zero attached hydrogens (tertiary/aromatic N) is 3. The highest BCUT2D eigenvalue weighted by Crippen LogP contribution is 2.29. The summed E-state index contributed by atoms with van der Waals surface area (Å²) in [6, 6.07) is 14.9. The Morgan fingerprint density at radius 2 is 1.61 bits per heavy atom. The van der Waals surface area contributed by atoms with Crippen LogP contribution in [0.3, 0.4) is 0 Å². The van der Waals surface area contributed by atoms with E-state index in [-0.39, 0.29) is 29.0 Å². The first-order chi connectivity index (χ1) is 14.4. The van der Waals surface area contributed by atoms with Gasteiger partial charge in [-0.2, -0.15) is 13.2 Å². The van der Waals surface area contributed by atoms with E-state index in [4.69, 9.17) is 0 Å². The Kier molecular flexibility index (Phi) is 6.69. The van der Waals surface area contributed by atoms with Crippen LogP contribution in [0.1, 0.15) is 37.5 Å². The van der Waals surface area contributed by atoms with Crippen molar-refractivity contribution in [3.8, 4) is 0 Å². The summed E-state index contributed by atoms with van der Waals surface area (Å²) in [6.07, 6.45) is -4.43. The molecule has 0 aliphatic carbocycles. The molecule has 0 radical (unpaired) electrons. The van der Waals surface area contributed by atoms with Crippen LogP contribution >= 0.6 is 11.8 Å². The fraction of sp³-hybridized carbons (Fsp3) is 0.391. The van der Waals surface area contributed by atoms with E-state index in [1.54, 1.807) is 4.90 Å². The van der Waals surface area contributed by atoms with Gasteiger partial charge in [0.2, 0.25) is 0 Å². The number of aliphatic imine (C=N–C) groups is 1. The van der Waals surface area contributed by atoms with E-state index in [0.29, 0.717) is 5.69 Å². The number of aryl methyl sites for hydroxylation is 1. The molecule has 0 atom stereocenters. The molecule has 2 aromatic carbocycles. The average molecular weight is 450 g/mol. The van der Waals surface area contributed by atoms with Gasteiger partial charge in [0.05, 0.1) is 12.4 Å². The van der Waals surface area contributed by atoms with Crippen molar-refractivity contribution in [2.75, 3.05) is 17.3 Å². The van der Waals surface area contributed by atoms with Crippen molar-refractivity contribution in [3.05, 3.63) is 65.2 Å². The normalized spacial score (nSPS) is 16.9. The zero-order chi connectivity index (χ0) is 22.8. The number of rotatable bonds is 4. The number of anilines is 1. The summed E-state index contributed by atoms with van der Waals surface area (Å²) in [5.41, 5.74) is 3.71. The van der Waals surface area contributed by atoms with Crippen molar-refractivity contribution < 1.29 is 18.0 Å². The predicted octanol–water partition coefficient (Wildman–Crippen LogP) is 6.34. The van der Waals surface area contributed by atoms with E-state index in [2.05, 4.69) is 25.8 Å². The minimum atomic E-state index is -4.43. The SMILES string of the molecule is Cc1ccc(N2CSC(=NCC(F)(F)F)N(Cc3ccc(C(C)(C)C)cc3)C2=O)cc1. The monoisotopic (exact) mass is 449 g/mol. The summed E-state index contributed by atoms with van der Waals surface area (Å²) in [4.78, 5) is 19.8. The van der Waals surface area contributed by atoms with Gasteiger partial charge in [0.25, 0.3) is 0 Å². The number of urea groups is 1. The molecule has 0 spiro atoms. The minimum Gasteiger partial charge on any atom is -0.284 e. The highest BCUT2D eigenvalue weighted by Gasteiger charge is 2.34. The molecule has 166 valence electrons. The van der Waals surface area contributed by atoms with Gasteiger partial charge < -0.3 is 0 Å². The third-order valence-electron chi connectivity index (χ3n) is 4.92. The second-order valence-electron chi connectivity index (χ2n) is 8.57. The van der Waals surface area contributed by atoms with Gasteiger partial charge >= 0.3 is 12.2 Å². The molecule has 0 bridgehead atoms. The molecule has 1 fully saturated rings. The van der Waals surface area contributed by atoms with Gasteiger partial charge in [0, 0.05) is 5.69 Å². The number of carbonyl (C=O) groups is 1. The van der Waals surface area contributed by atoms with E-state index in [9.17, 15) is 18.0 Å².